The molecule has 0 saturated heterocycles. The normalized spacial score (nSPS) is 18.4. The minimum Gasteiger partial charge on any atom is -0.464 e. The first-order valence-corrected chi connectivity index (χ1v) is 9.00. The summed E-state index contributed by atoms with van der Waals surface area (Å²) in [6.07, 6.45) is 4.88. The van der Waals surface area contributed by atoms with Gasteiger partial charge in [-0.3, -0.25) is 9.59 Å². The number of hydrogen-bond acceptors (Lipinski definition) is 4. The van der Waals surface area contributed by atoms with Crippen molar-refractivity contribution in [2.45, 2.75) is 65.0 Å². The minimum atomic E-state index is -0.515. The Hall–Kier alpha value is -2.11. The second-order valence-corrected chi connectivity index (χ2v) is 7.26. The lowest BCUT2D eigenvalue weighted by molar-refractivity contribution is -0.140. The third-order valence-electron chi connectivity index (χ3n) is 5.52. The van der Waals surface area contributed by atoms with Crippen LogP contribution in [0.1, 0.15) is 71.1 Å². The number of ether oxygens (including phenoxy) is 1. The van der Waals surface area contributed by atoms with Crippen LogP contribution in [-0.4, -0.2) is 46.7 Å². The molecule has 2 aliphatic rings. The second-order valence-electron chi connectivity index (χ2n) is 7.26. The number of rotatable bonds is 6. The molecule has 1 heterocycles. The number of nitrogens with one attached hydrogen (secondary N) is 1. The number of nitrogens with zero attached hydrogens (tertiary/aromatic N) is 1. The summed E-state index contributed by atoms with van der Waals surface area (Å²) in [5.41, 5.74) is 2.04. The first-order chi connectivity index (χ1) is 11.9. The van der Waals surface area contributed by atoms with Crippen LogP contribution >= 0.6 is 0 Å². The Balaban J connectivity index is 1.87. The molecule has 136 valence electrons. The highest BCUT2D eigenvalue weighted by molar-refractivity contribution is 6.06. The fourth-order valence-corrected chi connectivity index (χ4v) is 3.67. The minimum absolute atomic E-state index is 0.0786. The Labute approximate surface area is 147 Å². The lowest BCUT2D eigenvalue weighted by atomic mass is 9.83. The highest BCUT2D eigenvalue weighted by Gasteiger charge is 2.42. The monoisotopic (exact) mass is 346 g/mol. The van der Waals surface area contributed by atoms with E-state index in [0.717, 1.165) is 32.1 Å². The van der Waals surface area contributed by atoms with Crippen molar-refractivity contribution in [1.82, 2.24) is 9.88 Å². The molecule has 1 N–H and O–H groups in total. The molecule has 6 heteroatoms. The van der Waals surface area contributed by atoms with Crippen LogP contribution < -0.4 is 0 Å². The lowest BCUT2D eigenvalue weighted by Gasteiger charge is -2.35. The van der Waals surface area contributed by atoms with Crippen molar-refractivity contribution in [2.24, 2.45) is 5.92 Å². The maximum absolute atomic E-state index is 13.2. The standard InChI is InChI=1S/C19H26N2O4/c1-10-15(11(2)20-16(10)19(24)25-4)17(22)12(3)21(14-8-9-14)18(23)13-6-5-7-13/h12-14,20H,5-9H2,1-4H3/t12-/m1/s1. The molecule has 0 aromatic carbocycles. The van der Waals surface area contributed by atoms with Crippen molar-refractivity contribution in [3.05, 3.63) is 22.5 Å². The van der Waals surface area contributed by atoms with E-state index in [1.807, 2.05) is 0 Å². The third kappa shape index (κ3) is 3.10. The molecule has 0 radical (unpaired) electrons. The molecule has 0 unspecified atom stereocenters. The van der Waals surface area contributed by atoms with Gasteiger partial charge in [0, 0.05) is 23.2 Å². The van der Waals surface area contributed by atoms with E-state index in [1.54, 1.807) is 25.7 Å². The van der Waals surface area contributed by atoms with Gasteiger partial charge in [-0.1, -0.05) is 6.42 Å². The molecular weight excluding hydrogens is 320 g/mol. The van der Waals surface area contributed by atoms with E-state index in [2.05, 4.69) is 4.98 Å². The first-order valence-electron chi connectivity index (χ1n) is 9.00. The molecule has 1 atom stereocenters. The zero-order chi connectivity index (χ0) is 18.3. The highest BCUT2D eigenvalue weighted by atomic mass is 16.5. The Morgan fingerprint density at radius 1 is 1.16 bits per heavy atom. The van der Waals surface area contributed by atoms with Gasteiger partial charge in [-0.2, -0.15) is 0 Å². The van der Waals surface area contributed by atoms with Gasteiger partial charge in [-0.25, -0.2) is 4.79 Å². The van der Waals surface area contributed by atoms with Gasteiger partial charge in [0.1, 0.15) is 5.69 Å². The summed E-state index contributed by atoms with van der Waals surface area (Å²) in [6, 6.07) is -0.328. The van der Waals surface area contributed by atoms with Crippen LogP contribution in [0.25, 0.3) is 0 Å². The maximum Gasteiger partial charge on any atom is 0.354 e. The molecule has 2 fully saturated rings. The number of carbonyl (C=O) groups is 3. The number of esters is 1. The average molecular weight is 346 g/mol. The molecule has 0 bridgehead atoms. The quantitative estimate of drug-likeness (QED) is 0.634. The van der Waals surface area contributed by atoms with Crippen LogP contribution in [0.15, 0.2) is 0 Å². The van der Waals surface area contributed by atoms with Crippen LogP contribution in [-0.2, 0) is 9.53 Å². The lowest BCUT2D eigenvalue weighted by Crippen LogP contribution is -2.48. The SMILES string of the molecule is COC(=O)c1[nH]c(C)c(C(=O)[C@@H](C)N(C(=O)C2CCC2)C2CC2)c1C. The van der Waals surface area contributed by atoms with Gasteiger partial charge in [0.25, 0.3) is 0 Å². The summed E-state index contributed by atoms with van der Waals surface area (Å²) < 4.78 is 4.77. The predicted octanol–water partition coefficient (Wildman–Crippen LogP) is 2.78. The Kier molecular flexibility index (Phi) is 4.71. The first kappa shape index (κ1) is 17.7. The Morgan fingerprint density at radius 2 is 1.80 bits per heavy atom. The number of methoxy groups -OCH3 is 1. The number of aromatic nitrogens is 1. The van der Waals surface area contributed by atoms with E-state index >= 15 is 0 Å². The van der Waals surface area contributed by atoms with Gasteiger partial charge >= 0.3 is 5.97 Å². The van der Waals surface area contributed by atoms with Crippen LogP contribution in [0.5, 0.6) is 0 Å². The molecule has 1 aromatic heterocycles. The summed E-state index contributed by atoms with van der Waals surface area (Å²) in [7, 11) is 1.31. The van der Waals surface area contributed by atoms with Crippen LogP contribution in [0.3, 0.4) is 0 Å². The van der Waals surface area contributed by atoms with Gasteiger partial charge in [0.2, 0.25) is 5.91 Å². The highest BCUT2D eigenvalue weighted by Crippen LogP contribution is 2.36. The van der Waals surface area contributed by atoms with Crippen LogP contribution in [0.2, 0.25) is 0 Å². The van der Waals surface area contributed by atoms with Crippen molar-refractivity contribution in [2.75, 3.05) is 7.11 Å². The summed E-state index contributed by atoms with van der Waals surface area (Å²) in [4.78, 5) is 42.6. The number of ketones is 1. The molecule has 1 amide bonds. The molecular formula is C19H26N2O4. The average Bonchev–Trinajstić information content (AvgIpc) is 3.30. The Bertz CT molecular complexity index is 713. The van der Waals surface area contributed by atoms with E-state index in [-0.39, 0.29) is 23.7 Å². The molecule has 6 nitrogen and oxygen atoms in total. The van der Waals surface area contributed by atoms with Gasteiger partial charge in [0.15, 0.2) is 5.78 Å². The zero-order valence-electron chi connectivity index (χ0n) is 15.3. The summed E-state index contributed by atoms with van der Waals surface area (Å²) >= 11 is 0. The van der Waals surface area contributed by atoms with E-state index in [9.17, 15) is 14.4 Å². The smallest absolute Gasteiger partial charge is 0.354 e. The number of amides is 1. The molecule has 2 aliphatic carbocycles. The number of H-pyrrole nitrogens is 1. The van der Waals surface area contributed by atoms with Gasteiger partial charge in [-0.05, 0) is 52.0 Å². The fourth-order valence-electron chi connectivity index (χ4n) is 3.67. The molecule has 2 saturated carbocycles. The van der Waals surface area contributed by atoms with Gasteiger partial charge in [0.05, 0.1) is 13.2 Å². The van der Waals surface area contributed by atoms with Crippen molar-refractivity contribution < 1.29 is 19.1 Å². The maximum atomic E-state index is 13.2. The number of aromatic amines is 1. The molecule has 25 heavy (non-hydrogen) atoms. The van der Waals surface area contributed by atoms with E-state index in [1.165, 1.54) is 7.11 Å². The van der Waals surface area contributed by atoms with Crippen molar-refractivity contribution in [3.63, 3.8) is 0 Å². The summed E-state index contributed by atoms with van der Waals surface area (Å²) in [5, 5.41) is 0. The Morgan fingerprint density at radius 3 is 2.28 bits per heavy atom. The molecule has 1 aromatic rings. The molecule has 3 rings (SSSR count). The molecule has 0 spiro atoms. The van der Waals surface area contributed by atoms with Crippen molar-refractivity contribution >= 4 is 17.7 Å². The third-order valence-corrected chi connectivity index (χ3v) is 5.52. The van der Waals surface area contributed by atoms with E-state index in [0.29, 0.717) is 22.5 Å². The second kappa shape index (κ2) is 6.65. The molecule has 0 aliphatic heterocycles. The zero-order valence-corrected chi connectivity index (χ0v) is 15.3. The van der Waals surface area contributed by atoms with E-state index in [4.69, 9.17) is 4.74 Å². The summed E-state index contributed by atoms with van der Waals surface area (Å²) in [5.74, 6) is -0.401. The number of aryl methyl sites for hydroxylation is 1. The van der Waals surface area contributed by atoms with Crippen molar-refractivity contribution in [1.29, 1.82) is 0 Å². The van der Waals surface area contributed by atoms with Gasteiger partial charge in [-0.15, -0.1) is 0 Å². The summed E-state index contributed by atoms with van der Waals surface area (Å²) in [6.45, 7) is 5.32. The predicted molar refractivity (Wildman–Crippen MR) is 92.6 cm³/mol. The number of Topliss-reactive ketones (excluding diaryl/α,β-unsaturated/α-hetero) is 1. The number of carbonyl (C=O) groups excluding carboxylic acids is 3. The number of hydrogen-bond donors (Lipinski definition) is 1. The largest absolute Gasteiger partial charge is 0.464 e. The fraction of sp³-hybridized carbons (Fsp3) is 0.632. The van der Waals surface area contributed by atoms with E-state index < -0.39 is 12.0 Å². The van der Waals surface area contributed by atoms with Crippen LogP contribution in [0, 0.1) is 19.8 Å². The van der Waals surface area contributed by atoms with Crippen LogP contribution in [0.4, 0.5) is 0 Å². The van der Waals surface area contributed by atoms with Crippen molar-refractivity contribution in [3.8, 4) is 0 Å². The topological polar surface area (TPSA) is 79.5 Å². The van der Waals surface area contributed by atoms with Gasteiger partial charge < -0.3 is 14.6 Å².